The third kappa shape index (κ3) is 15.0. The summed E-state index contributed by atoms with van der Waals surface area (Å²) >= 11 is 0. The largest absolute Gasteiger partial charge is 1.00 e. The van der Waals surface area contributed by atoms with E-state index in [1.54, 1.807) is 0 Å². The van der Waals surface area contributed by atoms with Gasteiger partial charge in [0.25, 0.3) is 0 Å². The standard InChI is InChI=1S/C5H12FO6P.Li/c1-9-2-3-10-4-5-11-12-13(6,7)8;/h2-5H2,1H3,(H,7,8);/q;+1/p-1. The van der Waals surface area contributed by atoms with E-state index in [1.165, 1.54) is 7.11 Å². The molecule has 0 saturated carbocycles. The number of hydrogen-bond donors (Lipinski definition) is 0. The van der Waals surface area contributed by atoms with Gasteiger partial charge in [-0.25, -0.2) is 4.89 Å². The molecule has 0 bridgehead atoms. The molecule has 0 heterocycles. The first-order chi connectivity index (χ1) is 6.06. The van der Waals surface area contributed by atoms with Crippen LogP contribution in [0, 0.1) is 0 Å². The van der Waals surface area contributed by atoms with Crippen LogP contribution in [-0.2, 0) is 23.6 Å². The quantitative estimate of drug-likeness (QED) is 0.144. The molecule has 14 heavy (non-hydrogen) atoms. The SMILES string of the molecule is COCCOCCOOP(=O)([O-])F.[Li+]. The van der Waals surface area contributed by atoms with E-state index in [4.69, 9.17) is 4.74 Å². The van der Waals surface area contributed by atoms with Gasteiger partial charge in [0.2, 0.25) is 0 Å². The predicted molar refractivity (Wildman–Crippen MR) is 38.4 cm³/mol. The maximum absolute atomic E-state index is 11.6. The van der Waals surface area contributed by atoms with Crippen LogP contribution in [0.1, 0.15) is 0 Å². The Morgan fingerprint density at radius 1 is 1.29 bits per heavy atom. The van der Waals surface area contributed by atoms with Gasteiger partial charge in [0.15, 0.2) is 0 Å². The molecule has 80 valence electrons. The van der Waals surface area contributed by atoms with E-state index >= 15 is 0 Å². The fraction of sp³-hybridized carbons (Fsp3) is 1.00. The van der Waals surface area contributed by atoms with Crippen molar-refractivity contribution in [2.24, 2.45) is 0 Å². The Morgan fingerprint density at radius 2 is 1.86 bits per heavy atom. The molecule has 0 aliphatic heterocycles. The normalized spacial score (nSPS) is 14.5. The molecule has 9 heteroatoms. The monoisotopic (exact) mass is 224 g/mol. The van der Waals surface area contributed by atoms with E-state index in [0.29, 0.717) is 13.2 Å². The molecule has 0 amide bonds. The number of hydrogen-bond acceptors (Lipinski definition) is 6. The smallest absolute Gasteiger partial charge is 0.751 e. The Bertz CT molecular complexity index is 164. The zero-order valence-electron chi connectivity index (χ0n) is 8.10. The fourth-order valence-corrected chi connectivity index (χ4v) is 0.638. The van der Waals surface area contributed by atoms with Crippen LogP contribution in [0.5, 0.6) is 0 Å². The summed E-state index contributed by atoms with van der Waals surface area (Å²) in [5.41, 5.74) is 0. The molecular formula is C5H11FLiO6P. The Labute approximate surface area is 93.4 Å². The van der Waals surface area contributed by atoms with Crippen molar-refractivity contribution < 1.29 is 51.6 Å². The van der Waals surface area contributed by atoms with Crippen molar-refractivity contribution >= 4 is 7.91 Å². The summed E-state index contributed by atoms with van der Waals surface area (Å²) < 4.78 is 34.2. The summed E-state index contributed by atoms with van der Waals surface area (Å²) in [6.07, 6.45) is 0. The summed E-state index contributed by atoms with van der Waals surface area (Å²) in [5, 5.41) is 0. The molecule has 0 spiro atoms. The van der Waals surface area contributed by atoms with Gasteiger partial charge in [-0.15, -0.1) is 0 Å². The maximum atomic E-state index is 11.6. The van der Waals surface area contributed by atoms with Gasteiger partial charge in [-0.3, -0.25) is 4.57 Å². The van der Waals surface area contributed by atoms with E-state index in [1.807, 2.05) is 0 Å². The Hall–Kier alpha value is 0.557. The third-order valence-electron chi connectivity index (χ3n) is 0.885. The molecule has 0 saturated heterocycles. The van der Waals surface area contributed by atoms with Crippen molar-refractivity contribution in [3.8, 4) is 0 Å². The first-order valence-electron chi connectivity index (χ1n) is 3.45. The van der Waals surface area contributed by atoms with E-state index < -0.39 is 7.91 Å². The minimum absolute atomic E-state index is 0. The van der Waals surface area contributed by atoms with E-state index in [-0.39, 0.29) is 32.1 Å². The van der Waals surface area contributed by atoms with Crippen LogP contribution in [-0.4, -0.2) is 33.5 Å². The molecule has 6 nitrogen and oxygen atoms in total. The Balaban J connectivity index is 0. The van der Waals surface area contributed by atoms with Gasteiger partial charge in [-0.05, 0) is 0 Å². The maximum Gasteiger partial charge on any atom is 1.00 e. The van der Waals surface area contributed by atoms with Crippen molar-refractivity contribution in [1.82, 2.24) is 0 Å². The van der Waals surface area contributed by atoms with Gasteiger partial charge in [0.1, 0.15) is 6.61 Å². The molecule has 0 rings (SSSR count). The average molecular weight is 224 g/mol. The molecule has 0 aliphatic carbocycles. The number of rotatable bonds is 8. The number of ether oxygens (including phenoxy) is 2. The molecule has 0 aromatic rings. The van der Waals surface area contributed by atoms with Crippen LogP contribution >= 0.6 is 7.91 Å². The van der Waals surface area contributed by atoms with Crippen LogP contribution in [0.15, 0.2) is 0 Å². The summed E-state index contributed by atoms with van der Waals surface area (Å²) in [6, 6.07) is 0. The van der Waals surface area contributed by atoms with Crippen LogP contribution in [0.25, 0.3) is 0 Å². The fourth-order valence-electron chi connectivity index (χ4n) is 0.437. The zero-order valence-corrected chi connectivity index (χ0v) is 9.00. The van der Waals surface area contributed by atoms with Gasteiger partial charge in [-0.2, -0.15) is 8.87 Å². The topological polar surface area (TPSA) is 77.0 Å². The molecule has 0 aromatic carbocycles. The van der Waals surface area contributed by atoms with Crippen LogP contribution in [0.2, 0.25) is 0 Å². The third-order valence-corrected chi connectivity index (χ3v) is 1.17. The number of methoxy groups -OCH3 is 1. The van der Waals surface area contributed by atoms with Crippen molar-refractivity contribution in [3.05, 3.63) is 0 Å². The molecule has 1 atom stereocenters. The van der Waals surface area contributed by atoms with Crippen molar-refractivity contribution in [2.45, 2.75) is 0 Å². The minimum Gasteiger partial charge on any atom is -0.751 e. The van der Waals surface area contributed by atoms with Crippen LogP contribution in [0.3, 0.4) is 0 Å². The van der Waals surface area contributed by atoms with Gasteiger partial charge in [0.05, 0.1) is 19.8 Å². The van der Waals surface area contributed by atoms with Gasteiger partial charge >= 0.3 is 26.8 Å². The minimum atomic E-state index is -5.28. The number of halogens is 1. The summed E-state index contributed by atoms with van der Waals surface area (Å²) in [7, 11) is -3.77. The molecule has 0 aromatic heterocycles. The van der Waals surface area contributed by atoms with Gasteiger partial charge < -0.3 is 14.4 Å². The van der Waals surface area contributed by atoms with Crippen molar-refractivity contribution in [1.29, 1.82) is 0 Å². The molecular weight excluding hydrogens is 213 g/mol. The Kier molecular flexibility index (Phi) is 12.2. The van der Waals surface area contributed by atoms with Crippen molar-refractivity contribution in [3.63, 3.8) is 0 Å². The molecule has 0 radical (unpaired) electrons. The summed E-state index contributed by atoms with van der Waals surface area (Å²) in [5.74, 6) is 0. The summed E-state index contributed by atoms with van der Waals surface area (Å²) in [6.45, 7) is 0.706. The van der Waals surface area contributed by atoms with E-state index in [2.05, 4.69) is 14.3 Å². The first kappa shape index (κ1) is 17.0. The van der Waals surface area contributed by atoms with E-state index in [9.17, 15) is 13.7 Å². The van der Waals surface area contributed by atoms with Gasteiger partial charge in [0, 0.05) is 7.11 Å². The van der Waals surface area contributed by atoms with E-state index in [0.717, 1.165) is 0 Å². The second-order valence-corrected chi connectivity index (χ2v) is 2.94. The van der Waals surface area contributed by atoms with Gasteiger partial charge in [-0.1, -0.05) is 0 Å². The molecule has 0 aliphatic rings. The first-order valence-corrected chi connectivity index (χ1v) is 4.88. The van der Waals surface area contributed by atoms with Crippen molar-refractivity contribution in [2.75, 3.05) is 33.5 Å². The average Bonchev–Trinajstić information content (AvgIpc) is 2.01. The Morgan fingerprint density at radius 3 is 2.36 bits per heavy atom. The second-order valence-electron chi connectivity index (χ2n) is 1.93. The summed E-state index contributed by atoms with van der Waals surface area (Å²) in [4.78, 5) is 13.7. The second kappa shape index (κ2) is 10.1. The predicted octanol–water partition coefficient (Wildman–Crippen LogP) is -2.96. The molecule has 0 N–H and O–H groups in total. The molecule has 0 fully saturated rings. The molecule has 1 unspecified atom stereocenters. The van der Waals surface area contributed by atoms with Crippen LogP contribution in [0.4, 0.5) is 4.20 Å². The van der Waals surface area contributed by atoms with Crippen LogP contribution < -0.4 is 23.8 Å². The zero-order chi connectivity index (χ0) is 10.2.